The average molecular weight is 439 g/mol. The number of rotatable bonds is 7. The molecule has 1 aliphatic rings. The molecule has 0 bridgehead atoms. The van der Waals surface area contributed by atoms with Gasteiger partial charge in [-0.3, -0.25) is 4.79 Å². The topological polar surface area (TPSA) is 66.5 Å². The van der Waals surface area contributed by atoms with Gasteiger partial charge in [0.1, 0.15) is 0 Å². The standard InChI is InChI=1S/C20H23ClN2O3S2/c21-17-8-10-19(11-9-17)28(25,26)23-13-4-5-16(15-23)20(24)22-12-14-27-18-6-2-1-3-7-18/h1-3,6-11,16H,4-5,12-15H2,(H,22,24). The number of carbonyl (C=O) groups excluding carboxylic acids is 1. The van der Waals surface area contributed by atoms with Crippen LogP contribution in [-0.2, 0) is 14.8 Å². The fourth-order valence-corrected chi connectivity index (χ4v) is 5.57. The van der Waals surface area contributed by atoms with Crippen LogP contribution >= 0.6 is 23.4 Å². The molecule has 8 heteroatoms. The van der Waals surface area contributed by atoms with Crippen LogP contribution in [0.25, 0.3) is 0 Å². The summed E-state index contributed by atoms with van der Waals surface area (Å²) in [6.07, 6.45) is 1.37. The molecule has 5 nitrogen and oxygen atoms in total. The largest absolute Gasteiger partial charge is 0.355 e. The van der Waals surface area contributed by atoms with E-state index in [1.165, 1.54) is 16.4 Å². The Morgan fingerprint density at radius 3 is 2.57 bits per heavy atom. The first kappa shape index (κ1) is 21.2. The van der Waals surface area contributed by atoms with E-state index in [4.69, 9.17) is 11.6 Å². The third kappa shape index (κ3) is 5.50. The summed E-state index contributed by atoms with van der Waals surface area (Å²) in [4.78, 5) is 13.9. The molecule has 1 atom stereocenters. The molecular weight excluding hydrogens is 416 g/mol. The van der Waals surface area contributed by atoms with E-state index in [0.29, 0.717) is 31.0 Å². The van der Waals surface area contributed by atoms with Gasteiger partial charge in [0.25, 0.3) is 0 Å². The maximum atomic E-state index is 12.8. The Hall–Kier alpha value is -1.54. The Morgan fingerprint density at radius 1 is 1.14 bits per heavy atom. The minimum absolute atomic E-state index is 0.0790. The number of sulfonamides is 1. The third-order valence-corrected chi connectivity index (χ3v) is 7.76. The zero-order valence-electron chi connectivity index (χ0n) is 15.4. The predicted molar refractivity (Wildman–Crippen MR) is 113 cm³/mol. The van der Waals surface area contributed by atoms with Crippen molar-refractivity contribution >= 4 is 39.3 Å². The minimum atomic E-state index is -3.62. The summed E-state index contributed by atoms with van der Waals surface area (Å²) in [5, 5.41) is 3.43. The zero-order chi connectivity index (χ0) is 20.0. The van der Waals surface area contributed by atoms with Gasteiger partial charge in [-0.1, -0.05) is 29.8 Å². The van der Waals surface area contributed by atoms with Crippen molar-refractivity contribution in [3.63, 3.8) is 0 Å². The number of amides is 1. The maximum absolute atomic E-state index is 12.8. The van der Waals surface area contributed by atoms with Gasteiger partial charge in [0, 0.05) is 35.3 Å². The van der Waals surface area contributed by atoms with Crippen molar-refractivity contribution in [3.05, 3.63) is 59.6 Å². The summed E-state index contributed by atoms with van der Waals surface area (Å²) in [6.45, 7) is 1.19. The number of halogens is 1. The van der Waals surface area contributed by atoms with Crippen molar-refractivity contribution in [1.82, 2.24) is 9.62 Å². The number of thioether (sulfide) groups is 1. The normalized spacial score (nSPS) is 18.0. The molecule has 1 unspecified atom stereocenters. The number of carbonyl (C=O) groups is 1. The molecule has 2 aromatic rings. The van der Waals surface area contributed by atoms with Gasteiger partial charge in [-0.2, -0.15) is 4.31 Å². The van der Waals surface area contributed by atoms with Gasteiger partial charge in [-0.15, -0.1) is 11.8 Å². The fourth-order valence-electron chi connectivity index (χ4n) is 3.13. The Kier molecular flexibility index (Phi) is 7.40. The summed E-state index contributed by atoms with van der Waals surface area (Å²) in [6, 6.07) is 16.1. The Bertz CT molecular complexity index is 889. The molecule has 1 amide bonds. The van der Waals surface area contributed by atoms with Gasteiger partial charge in [-0.05, 0) is 49.2 Å². The van der Waals surface area contributed by atoms with Crippen molar-refractivity contribution in [1.29, 1.82) is 0 Å². The molecule has 0 radical (unpaired) electrons. The van der Waals surface area contributed by atoms with Crippen LogP contribution in [-0.4, -0.2) is 44.0 Å². The van der Waals surface area contributed by atoms with Gasteiger partial charge < -0.3 is 5.32 Å². The molecule has 1 N–H and O–H groups in total. The second kappa shape index (κ2) is 9.78. The average Bonchev–Trinajstić information content (AvgIpc) is 2.72. The highest BCUT2D eigenvalue weighted by Crippen LogP contribution is 2.25. The highest BCUT2D eigenvalue weighted by Gasteiger charge is 2.33. The van der Waals surface area contributed by atoms with E-state index in [9.17, 15) is 13.2 Å². The molecule has 1 saturated heterocycles. The quantitative estimate of drug-likeness (QED) is 0.529. The molecule has 0 spiro atoms. The van der Waals surface area contributed by atoms with E-state index in [2.05, 4.69) is 5.32 Å². The van der Waals surface area contributed by atoms with E-state index in [1.807, 2.05) is 30.3 Å². The monoisotopic (exact) mass is 438 g/mol. The van der Waals surface area contributed by atoms with E-state index in [0.717, 1.165) is 10.6 Å². The summed E-state index contributed by atoms with van der Waals surface area (Å²) in [5.41, 5.74) is 0. The number of nitrogens with one attached hydrogen (secondary N) is 1. The number of hydrogen-bond donors (Lipinski definition) is 1. The van der Waals surface area contributed by atoms with Crippen molar-refractivity contribution in [2.24, 2.45) is 5.92 Å². The number of piperidine rings is 1. The third-order valence-electron chi connectivity index (χ3n) is 4.62. The molecule has 28 heavy (non-hydrogen) atoms. The summed E-state index contributed by atoms with van der Waals surface area (Å²) in [7, 11) is -3.62. The molecule has 2 aromatic carbocycles. The smallest absolute Gasteiger partial charge is 0.243 e. The van der Waals surface area contributed by atoms with Crippen molar-refractivity contribution in [3.8, 4) is 0 Å². The number of nitrogens with zero attached hydrogens (tertiary/aromatic N) is 1. The van der Waals surface area contributed by atoms with E-state index >= 15 is 0 Å². The molecule has 150 valence electrons. The summed E-state index contributed by atoms with van der Waals surface area (Å²) < 4.78 is 27.1. The van der Waals surface area contributed by atoms with Crippen molar-refractivity contribution in [2.45, 2.75) is 22.6 Å². The van der Waals surface area contributed by atoms with Crippen LogP contribution in [0.4, 0.5) is 0 Å². The molecular formula is C20H23ClN2O3S2. The SMILES string of the molecule is O=C(NCCSc1ccccc1)C1CCCN(S(=O)(=O)c2ccc(Cl)cc2)C1. The van der Waals surface area contributed by atoms with Crippen molar-refractivity contribution < 1.29 is 13.2 Å². The highest BCUT2D eigenvalue weighted by molar-refractivity contribution is 7.99. The summed E-state index contributed by atoms with van der Waals surface area (Å²) >= 11 is 7.53. The van der Waals surface area contributed by atoms with Crippen LogP contribution in [0.5, 0.6) is 0 Å². The molecule has 0 saturated carbocycles. The fraction of sp³-hybridized carbons (Fsp3) is 0.350. The Morgan fingerprint density at radius 2 is 1.86 bits per heavy atom. The predicted octanol–water partition coefficient (Wildman–Crippen LogP) is 3.65. The van der Waals surface area contributed by atoms with Gasteiger partial charge in [0.05, 0.1) is 10.8 Å². The molecule has 3 rings (SSSR count). The second-order valence-corrected chi connectivity index (χ2v) is 10.2. The van der Waals surface area contributed by atoms with Crippen LogP contribution < -0.4 is 5.32 Å². The second-order valence-electron chi connectivity index (χ2n) is 6.61. The lowest BCUT2D eigenvalue weighted by Gasteiger charge is -2.31. The molecule has 1 aliphatic heterocycles. The first-order valence-corrected chi connectivity index (χ1v) is 12.0. The molecule has 0 aromatic heterocycles. The first-order chi connectivity index (χ1) is 13.5. The van der Waals surface area contributed by atoms with Gasteiger partial charge in [0.2, 0.25) is 15.9 Å². The lowest BCUT2D eigenvalue weighted by molar-refractivity contribution is -0.125. The molecule has 1 heterocycles. The van der Waals surface area contributed by atoms with Crippen LogP contribution in [0, 0.1) is 5.92 Å². The number of benzene rings is 2. The zero-order valence-corrected chi connectivity index (χ0v) is 17.8. The Balaban J connectivity index is 1.52. The van der Waals surface area contributed by atoms with Crippen LogP contribution in [0.2, 0.25) is 5.02 Å². The van der Waals surface area contributed by atoms with Crippen LogP contribution in [0.15, 0.2) is 64.4 Å². The maximum Gasteiger partial charge on any atom is 0.243 e. The van der Waals surface area contributed by atoms with E-state index in [-0.39, 0.29) is 23.3 Å². The molecule has 0 aliphatic carbocycles. The van der Waals surface area contributed by atoms with Crippen molar-refractivity contribution in [2.75, 3.05) is 25.4 Å². The first-order valence-electron chi connectivity index (χ1n) is 9.18. The lowest BCUT2D eigenvalue weighted by atomic mass is 9.99. The lowest BCUT2D eigenvalue weighted by Crippen LogP contribution is -2.45. The van der Waals surface area contributed by atoms with Crippen LogP contribution in [0.3, 0.4) is 0 Å². The summed E-state index contributed by atoms with van der Waals surface area (Å²) in [5.74, 6) is 0.372. The van der Waals surface area contributed by atoms with E-state index < -0.39 is 10.0 Å². The Labute approximate surface area is 175 Å². The van der Waals surface area contributed by atoms with Gasteiger partial charge in [0.15, 0.2) is 0 Å². The highest BCUT2D eigenvalue weighted by atomic mass is 35.5. The van der Waals surface area contributed by atoms with Crippen LogP contribution in [0.1, 0.15) is 12.8 Å². The van der Waals surface area contributed by atoms with Gasteiger partial charge in [-0.25, -0.2) is 8.42 Å². The van der Waals surface area contributed by atoms with Gasteiger partial charge >= 0.3 is 0 Å². The number of hydrogen-bond acceptors (Lipinski definition) is 4. The minimum Gasteiger partial charge on any atom is -0.355 e. The molecule has 1 fully saturated rings. The van der Waals surface area contributed by atoms with E-state index in [1.54, 1.807) is 23.9 Å².